The molecule has 0 spiro atoms. The number of nitrogens with one attached hydrogen (secondary N) is 1. The molecule has 0 bridgehead atoms. The predicted molar refractivity (Wildman–Crippen MR) is 81.2 cm³/mol. The number of amides is 1. The molecule has 1 amide bonds. The number of anilines is 1. The van der Waals surface area contributed by atoms with Crippen molar-refractivity contribution in [1.29, 1.82) is 0 Å². The van der Waals surface area contributed by atoms with Gasteiger partial charge in [-0.15, -0.1) is 0 Å². The van der Waals surface area contributed by atoms with Gasteiger partial charge in [0.05, 0.1) is 9.99 Å². The van der Waals surface area contributed by atoms with E-state index in [0.717, 1.165) is 5.39 Å². The highest BCUT2D eigenvalue weighted by Gasteiger charge is 2.15. The van der Waals surface area contributed by atoms with Gasteiger partial charge >= 0.3 is 0 Å². The maximum Gasteiger partial charge on any atom is 0.244 e. The van der Waals surface area contributed by atoms with Crippen molar-refractivity contribution < 1.29 is 9.18 Å². The highest BCUT2D eigenvalue weighted by molar-refractivity contribution is 9.10. The number of pyridine rings is 1. The second kappa shape index (κ2) is 5.75. The van der Waals surface area contributed by atoms with Crippen LogP contribution in [0.2, 0.25) is 0 Å². The lowest BCUT2D eigenvalue weighted by atomic mass is 10.2. The third-order valence-electron chi connectivity index (χ3n) is 2.91. The van der Waals surface area contributed by atoms with Crippen LogP contribution in [0.15, 0.2) is 28.7 Å². The molecule has 0 unspecified atom stereocenters. The average molecular weight is 340 g/mol. The van der Waals surface area contributed by atoms with Crippen molar-refractivity contribution >= 4 is 38.6 Å². The van der Waals surface area contributed by atoms with Crippen LogP contribution < -0.4 is 5.32 Å². The van der Waals surface area contributed by atoms with Gasteiger partial charge in [-0.2, -0.15) is 0 Å². The molecule has 0 saturated carbocycles. The van der Waals surface area contributed by atoms with Gasteiger partial charge in [-0.3, -0.25) is 4.79 Å². The Labute approximate surface area is 125 Å². The van der Waals surface area contributed by atoms with Gasteiger partial charge in [0, 0.05) is 25.5 Å². The Bertz CT molecular complexity index is 660. The normalized spacial score (nSPS) is 12.2. The van der Waals surface area contributed by atoms with E-state index in [1.54, 1.807) is 33.2 Å². The topological polar surface area (TPSA) is 45.2 Å². The zero-order chi connectivity index (χ0) is 14.9. The summed E-state index contributed by atoms with van der Waals surface area (Å²) >= 11 is 3.14. The van der Waals surface area contributed by atoms with E-state index in [1.165, 1.54) is 11.0 Å². The molecule has 2 rings (SSSR count). The maximum absolute atomic E-state index is 13.5. The SMILES string of the molecule is C[C@H](Nc1ccc2cc(Br)c(F)cc2n1)C(=O)N(C)C. The number of nitrogens with zero attached hydrogens (tertiary/aromatic N) is 2. The number of hydrogen-bond acceptors (Lipinski definition) is 3. The Morgan fingerprint density at radius 1 is 1.40 bits per heavy atom. The standard InChI is InChI=1S/C14H15BrFN3O/c1-8(14(20)19(2)3)17-13-5-4-9-6-10(15)11(16)7-12(9)18-13/h4-8H,1-3H3,(H,17,18)/t8-/m0/s1. The van der Waals surface area contributed by atoms with Gasteiger partial charge in [0.2, 0.25) is 5.91 Å². The molecule has 1 aromatic heterocycles. The highest BCUT2D eigenvalue weighted by Crippen LogP contribution is 2.23. The molecule has 1 atom stereocenters. The number of benzene rings is 1. The second-order valence-corrected chi connectivity index (χ2v) is 5.61. The van der Waals surface area contributed by atoms with Crippen molar-refractivity contribution in [3.8, 4) is 0 Å². The van der Waals surface area contributed by atoms with Crippen LogP contribution in [0.5, 0.6) is 0 Å². The first kappa shape index (κ1) is 14.7. The molecule has 20 heavy (non-hydrogen) atoms. The molecule has 1 heterocycles. The van der Waals surface area contributed by atoms with E-state index in [2.05, 4.69) is 26.2 Å². The average Bonchev–Trinajstić information content (AvgIpc) is 2.39. The van der Waals surface area contributed by atoms with E-state index >= 15 is 0 Å². The number of likely N-dealkylation sites (N-methyl/N-ethyl adjacent to an activating group) is 1. The smallest absolute Gasteiger partial charge is 0.244 e. The first-order valence-electron chi connectivity index (χ1n) is 6.12. The number of hydrogen-bond donors (Lipinski definition) is 1. The summed E-state index contributed by atoms with van der Waals surface area (Å²) < 4.78 is 13.9. The Morgan fingerprint density at radius 2 is 2.10 bits per heavy atom. The molecule has 106 valence electrons. The first-order chi connectivity index (χ1) is 9.38. The highest BCUT2D eigenvalue weighted by atomic mass is 79.9. The lowest BCUT2D eigenvalue weighted by Gasteiger charge is -2.18. The molecule has 0 fully saturated rings. The largest absolute Gasteiger partial charge is 0.359 e. The summed E-state index contributed by atoms with van der Waals surface area (Å²) in [5.74, 6) is 0.135. The molecule has 0 aliphatic heterocycles. The monoisotopic (exact) mass is 339 g/mol. The van der Waals surface area contributed by atoms with E-state index in [9.17, 15) is 9.18 Å². The van der Waals surface area contributed by atoms with E-state index in [-0.39, 0.29) is 11.7 Å². The Morgan fingerprint density at radius 3 is 2.75 bits per heavy atom. The number of rotatable bonds is 3. The van der Waals surface area contributed by atoms with Gasteiger partial charge < -0.3 is 10.2 Å². The fraction of sp³-hybridized carbons (Fsp3) is 0.286. The number of fused-ring (bicyclic) bond motifs is 1. The van der Waals surface area contributed by atoms with Crippen molar-refractivity contribution in [1.82, 2.24) is 9.88 Å². The van der Waals surface area contributed by atoms with Crippen LogP contribution in [0.25, 0.3) is 10.9 Å². The summed E-state index contributed by atoms with van der Waals surface area (Å²) in [6.45, 7) is 1.76. The fourth-order valence-electron chi connectivity index (χ4n) is 1.87. The van der Waals surface area contributed by atoms with Gasteiger partial charge in [-0.05, 0) is 41.1 Å². The molecular weight excluding hydrogens is 325 g/mol. The number of aromatic nitrogens is 1. The van der Waals surface area contributed by atoms with Crippen molar-refractivity contribution in [2.24, 2.45) is 0 Å². The van der Waals surface area contributed by atoms with Gasteiger partial charge in [-0.1, -0.05) is 0 Å². The van der Waals surface area contributed by atoms with Crippen LogP contribution in [0.4, 0.5) is 10.2 Å². The predicted octanol–water partition coefficient (Wildman–Crippen LogP) is 3.03. The lowest BCUT2D eigenvalue weighted by Crippen LogP contribution is -2.36. The molecular formula is C14H15BrFN3O. The van der Waals surface area contributed by atoms with E-state index in [1.807, 2.05) is 6.07 Å². The lowest BCUT2D eigenvalue weighted by molar-refractivity contribution is -0.129. The summed E-state index contributed by atoms with van der Waals surface area (Å²) in [5, 5.41) is 3.84. The molecule has 0 saturated heterocycles. The Kier molecular flexibility index (Phi) is 4.23. The molecule has 1 aromatic carbocycles. The van der Waals surface area contributed by atoms with E-state index < -0.39 is 6.04 Å². The third-order valence-corrected chi connectivity index (χ3v) is 3.51. The minimum Gasteiger partial charge on any atom is -0.359 e. The third kappa shape index (κ3) is 3.07. The zero-order valence-electron chi connectivity index (χ0n) is 11.4. The summed E-state index contributed by atoms with van der Waals surface area (Å²) in [6.07, 6.45) is 0. The van der Waals surface area contributed by atoms with Crippen molar-refractivity contribution in [2.75, 3.05) is 19.4 Å². The first-order valence-corrected chi connectivity index (χ1v) is 6.91. The number of carbonyl (C=O) groups excluding carboxylic acids is 1. The summed E-state index contributed by atoms with van der Waals surface area (Å²) in [4.78, 5) is 17.6. The fourth-order valence-corrected chi connectivity index (χ4v) is 2.23. The second-order valence-electron chi connectivity index (χ2n) is 4.75. The van der Waals surface area contributed by atoms with Crippen LogP contribution in [-0.2, 0) is 4.79 Å². The van der Waals surface area contributed by atoms with E-state index in [4.69, 9.17) is 0 Å². The van der Waals surface area contributed by atoms with Gasteiger partial charge in [0.15, 0.2) is 0 Å². The minimum absolute atomic E-state index is 0.0473. The van der Waals surface area contributed by atoms with Crippen LogP contribution in [0.3, 0.4) is 0 Å². The number of carbonyl (C=O) groups is 1. The minimum atomic E-state index is -0.393. The molecule has 6 heteroatoms. The van der Waals surface area contributed by atoms with Crippen molar-refractivity contribution in [3.05, 3.63) is 34.6 Å². The zero-order valence-corrected chi connectivity index (χ0v) is 13.0. The van der Waals surface area contributed by atoms with Gasteiger partial charge in [0.25, 0.3) is 0 Å². The van der Waals surface area contributed by atoms with Crippen molar-refractivity contribution in [2.45, 2.75) is 13.0 Å². The molecule has 0 radical (unpaired) electrons. The van der Waals surface area contributed by atoms with Crippen LogP contribution >= 0.6 is 15.9 Å². The summed E-state index contributed by atoms with van der Waals surface area (Å²) in [6, 6.07) is 6.25. The van der Waals surface area contributed by atoms with Gasteiger partial charge in [-0.25, -0.2) is 9.37 Å². The Hall–Kier alpha value is -1.69. The van der Waals surface area contributed by atoms with Gasteiger partial charge in [0.1, 0.15) is 17.7 Å². The van der Waals surface area contributed by atoms with Crippen LogP contribution in [0.1, 0.15) is 6.92 Å². The quantitative estimate of drug-likeness (QED) is 0.934. The van der Waals surface area contributed by atoms with Crippen molar-refractivity contribution in [3.63, 3.8) is 0 Å². The summed E-state index contributed by atoms with van der Waals surface area (Å²) in [7, 11) is 3.39. The summed E-state index contributed by atoms with van der Waals surface area (Å²) in [5.41, 5.74) is 0.542. The molecule has 0 aliphatic rings. The van der Waals surface area contributed by atoms with Crippen LogP contribution in [-0.4, -0.2) is 35.9 Å². The molecule has 0 aliphatic carbocycles. The molecule has 4 nitrogen and oxygen atoms in total. The molecule has 1 N–H and O–H groups in total. The Balaban J connectivity index is 2.28. The van der Waals surface area contributed by atoms with Crippen LogP contribution in [0, 0.1) is 5.82 Å². The number of halogens is 2. The molecule has 2 aromatic rings. The maximum atomic E-state index is 13.5. The van der Waals surface area contributed by atoms with E-state index in [0.29, 0.717) is 15.8 Å².